The molecule has 32 heavy (non-hydrogen) atoms. The smallest absolute Gasteiger partial charge is 0.136 e. The van der Waals surface area contributed by atoms with Gasteiger partial charge in [-0.15, -0.1) is 0 Å². The molecule has 2 nitrogen and oxygen atoms in total. The minimum atomic E-state index is 0.763. The van der Waals surface area contributed by atoms with Crippen LogP contribution in [0.5, 0.6) is 5.75 Å². The highest BCUT2D eigenvalue weighted by molar-refractivity contribution is 5.73. The zero-order chi connectivity index (χ0) is 23.3. The summed E-state index contributed by atoms with van der Waals surface area (Å²) in [4.78, 5) is 4.55. The molecule has 0 N–H and O–H groups in total. The van der Waals surface area contributed by atoms with Gasteiger partial charge in [-0.3, -0.25) is 4.98 Å². The number of ether oxygens (including phenoxy) is 1. The van der Waals surface area contributed by atoms with Crippen LogP contribution in [0.1, 0.15) is 77.1 Å². The highest BCUT2D eigenvalue weighted by Gasteiger charge is 2.10. The number of pyridine rings is 1. The van der Waals surface area contributed by atoms with Crippen LogP contribution in [-0.4, -0.2) is 4.98 Å². The van der Waals surface area contributed by atoms with E-state index in [4.69, 9.17) is 4.74 Å². The number of aromatic nitrogens is 1. The van der Waals surface area contributed by atoms with Crippen LogP contribution in [0.15, 0.2) is 78.7 Å². The number of allylic oxidation sites excluding steroid dienone is 6. The molecule has 0 amide bonds. The van der Waals surface area contributed by atoms with E-state index in [1.54, 1.807) is 0 Å². The zero-order valence-corrected chi connectivity index (χ0v) is 20.2. The van der Waals surface area contributed by atoms with E-state index in [1.807, 2.05) is 49.5 Å². The Bertz CT molecular complexity index is 1060. The molecule has 0 spiro atoms. The molecule has 0 fully saturated rings. The predicted molar refractivity (Wildman–Crippen MR) is 138 cm³/mol. The molecule has 1 heterocycles. The number of hydrogen-bond donors (Lipinski definition) is 0. The summed E-state index contributed by atoms with van der Waals surface area (Å²) in [6.07, 6.45) is 12.2. The Morgan fingerprint density at radius 1 is 1.06 bits per heavy atom. The molecular weight excluding hydrogens is 390 g/mol. The first-order valence-corrected chi connectivity index (χ1v) is 11.4. The van der Waals surface area contributed by atoms with Crippen molar-refractivity contribution in [2.75, 3.05) is 0 Å². The third kappa shape index (κ3) is 8.08. The Balaban J connectivity index is 2.54. The van der Waals surface area contributed by atoms with Gasteiger partial charge in [-0.25, -0.2) is 0 Å². The lowest BCUT2D eigenvalue weighted by atomic mass is 10.0. The van der Waals surface area contributed by atoms with E-state index < -0.39 is 0 Å². The minimum absolute atomic E-state index is 0.763. The van der Waals surface area contributed by atoms with Crippen molar-refractivity contribution < 1.29 is 4.74 Å². The van der Waals surface area contributed by atoms with E-state index in [0.29, 0.717) is 0 Å². The Morgan fingerprint density at radius 3 is 2.50 bits per heavy atom. The molecule has 1 aromatic heterocycles. The van der Waals surface area contributed by atoms with E-state index in [9.17, 15) is 0 Å². The third-order valence-electron chi connectivity index (χ3n) is 4.62. The van der Waals surface area contributed by atoms with Crippen LogP contribution in [0.2, 0.25) is 0 Å². The summed E-state index contributed by atoms with van der Waals surface area (Å²) in [5.41, 5.74) is 6.02. The maximum atomic E-state index is 6.48. The van der Waals surface area contributed by atoms with Gasteiger partial charge in [-0.1, -0.05) is 56.4 Å². The highest BCUT2D eigenvalue weighted by Crippen LogP contribution is 2.29. The molecule has 2 aromatic rings. The fraction of sp³-hybridized carbons (Fsp3) is 0.300. The van der Waals surface area contributed by atoms with Gasteiger partial charge in [0.15, 0.2) is 0 Å². The van der Waals surface area contributed by atoms with Crippen molar-refractivity contribution in [2.24, 2.45) is 0 Å². The third-order valence-corrected chi connectivity index (χ3v) is 4.62. The lowest BCUT2D eigenvalue weighted by Gasteiger charge is -2.14. The number of unbranched alkanes of at least 4 members (excludes halogenated alkanes) is 2. The van der Waals surface area contributed by atoms with Gasteiger partial charge < -0.3 is 4.74 Å². The molecule has 2 rings (SSSR count). The van der Waals surface area contributed by atoms with Crippen molar-refractivity contribution in [1.29, 1.82) is 0 Å². The second kappa shape index (κ2) is 13.2. The van der Waals surface area contributed by atoms with Gasteiger partial charge in [0.1, 0.15) is 11.5 Å². The number of nitrogens with zero attached hydrogens (tertiary/aromatic N) is 1. The quantitative estimate of drug-likeness (QED) is 0.229. The molecule has 0 unspecified atom stereocenters. The van der Waals surface area contributed by atoms with Crippen LogP contribution in [0.4, 0.5) is 0 Å². The van der Waals surface area contributed by atoms with E-state index in [1.165, 1.54) is 0 Å². The van der Waals surface area contributed by atoms with E-state index in [0.717, 1.165) is 70.7 Å². The van der Waals surface area contributed by atoms with Gasteiger partial charge in [0.05, 0.1) is 5.69 Å². The van der Waals surface area contributed by atoms with Crippen LogP contribution in [0, 0.1) is 11.8 Å². The van der Waals surface area contributed by atoms with Crippen molar-refractivity contribution in [3.05, 3.63) is 95.6 Å². The summed E-state index contributed by atoms with van der Waals surface area (Å²) in [5.74, 6) is 7.99. The van der Waals surface area contributed by atoms with E-state index >= 15 is 0 Å². The average Bonchev–Trinajstić information content (AvgIpc) is 2.77. The van der Waals surface area contributed by atoms with Gasteiger partial charge in [-0.2, -0.15) is 0 Å². The van der Waals surface area contributed by atoms with Gasteiger partial charge in [0.25, 0.3) is 0 Å². The topological polar surface area (TPSA) is 22.1 Å². The standard InChI is InChI=1S/C30H35NO/c1-7-9-11-14-25-17-18-28(24(5)6)30(21-25)32-27(20-23(3)4)22-26(15-10-8-2)29-16-12-13-19-31-29/h12-13,15-22H,5,7-10H2,1-4,6H3/b26-15+,27-22+. The number of benzene rings is 1. The van der Waals surface area contributed by atoms with Crippen LogP contribution in [0.3, 0.4) is 0 Å². The lowest BCUT2D eigenvalue weighted by Crippen LogP contribution is -1.99. The first-order valence-electron chi connectivity index (χ1n) is 11.4. The van der Waals surface area contributed by atoms with E-state index in [-0.39, 0.29) is 0 Å². The highest BCUT2D eigenvalue weighted by atomic mass is 16.5. The van der Waals surface area contributed by atoms with Crippen LogP contribution < -0.4 is 4.74 Å². The van der Waals surface area contributed by atoms with E-state index in [2.05, 4.69) is 69.3 Å². The first-order chi connectivity index (χ1) is 15.4. The number of hydrogen-bond acceptors (Lipinski definition) is 2. The van der Waals surface area contributed by atoms with Gasteiger partial charge in [-0.05, 0) is 87.2 Å². The number of rotatable bonds is 9. The second-order valence-corrected chi connectivity index (χ2v) is 8.08. The summed E-state index contributed by atoms with van der Waals surface area (Å²) >= 11 is 0. The summed E-state index contributed by atoms with van der Waals surface area (Å²) in [5, 5.41) is 0. The summed E-state index contributed by atoms with van der Waals surface area (Å²) < 4.78 is 6.48. The Morgan fingerprint density at radius 2 is 1.88 bits per heavy atom. The normalized spacial score (nSPS) is 11.4. The fourth-order valence-corrected chi connectivity index (χ4v) is 3.06. The SMILES string of the molecule is C=C(C)c1ccc(C#CCCC)cc1O/C(C=C(C)C)=C/C(=C\CCC)c1ccccn1. The molecular formula is C30H35NO. The molecule has 0 aliphatic carbocycles. The second-order valence-electron chi connectivity index (χ2n) is 8.08. The molecule has 166 valence electrons. The van der Waals surface area contributed by atoms with Crippen molar-refractivity contribution in [2.45, 2.75) is 60.3 Å². The van der Waals surface area contributed by atoms with Crippen LogP contribution in [-0.2, 0) is 0 Å². The summed E-state index contributed by atoms with van der Waals surface area (Å²) in [6.45, 7) is 14.6. The molecule has 2 heteroatoms. The van der Waals surface area contributed by atoms with Gasteiger partial charge >= 0.3 is 0 Å². The average molecular weight is 426 g/mol. The molecule has 0 aliphatic heterocycles. The molecule has 0 radical (unpaired) electrons. The predicted octanol–water partition coefficient (Wildman–Crippen LogP) is 8.38. The zero-order valence-electron chi connectivity index (χ0n) is 20.2. The fourth-order valence-electron chi connectivity index (χ4n) is 3.06. The largest absolute Gasteiger partial charge is 0.457 e. The molecule has 0 atom stereocenters. The van der Waals surface area contributed by atoms with Gasteiger partial charge in [0, 0.05) is 23.7 Å². The Kier molecular flexibility index (Phi) is 10.3. The Hall–Kier alpha value is -3.31. The summed E-state index contributed by atoms with van der Waals surface area (Å²) in [7, 11) is 0. The maximum Gasteiger partial charge on any atom is 0.136 e. The van der Waals surface area contributed by atoms with Crippen LogP contribution >= 0.6 is 0 Å². The molecule has 0 bridgehead atoms. The van der Waals surface area contributed by atoms with Gasteiger partial charge in [0.2, 0.25) is 0 Å². The lowest BCUT2D eigenvalue weighted by molar-refractivity contribution is 0.442. The molecule has 1 aromatic carbocycles. The Labute approximate surface area is 194 Å². The maximum absolute atomic E-state index is 6.48. The van der Waals surface area contributed by atoms with Crippen LogP contribution in [0.25, 0.3) is 11.1 Å². The molecule has 0 saturated carbocycles. The monoisotopic (exact) mass is 425 g/mol. The summed E-state index contributed by atoms with van der Waals surface area (Å²) in [6, 6.07) is 12.1. The van der Waals surface area contributed by atoms with Crippen molar-refractivity contribution >= 4 is 11.1 Å². The minimum Gasteiger partial charge on any atom is -0.457 e. The van der Waals surface area contributed by atoms with Crippen molar-refractivity contribution in [3.8, 4) is 17.6 Å². The first kappa shape index (κ1) is 25.0. The van der Waals surface area contributed by atoms with Crippen molar-refractivity contribution in [3.63, 3.8) is 0 Å². The molecule has 0 saturated heterocycles. The van der Waals surface area contributed by atoms with Crippen molar-refractivity contribution in [1.82, 2.24) is 4.98 Å². The molecule has 0 aliphatic rings.